The van der Waals surface area contributed by atoms with Gasteiger partial charge in [0.25, 0.3) is 5.19 Å². The number of nitrogens with zero attached hydrogens (tertiary/aromatic N) is 5. The van der Waals surface area contributed by atoms with Crippen LogP contribution < -0.4 is 4.74 Å². The molecular weight excluding hydrogens is 414 g/mol. The van der Waals surface area contributed by atoms with E-state index in [4.69, 9.17) is 9.15 Å². The second-order valence-corrected chi connectivity index (χ2v) is 9.15. The maximum atomic E-state index is 11.8. The molecule has 9 heteroatoms. The number of likely N-dealkylation sites (tertiary alicyclic amines) is 1. The number of hydrogen-bond donors (Lipinski definition) is 0. The third kappa shape index (κ3) is 3.43. The van der Waals surface area contributed by atoms with Crippen LogP contribution in [0, 0.1) is 0 Å². The first-order valence-corrected chi connectivity index (χ1v) is 11.2. The molecule has 2 saturated heterocycles. The van der Waals surface area contributed by atoms with Gasteiger partial charge in [-0.2, -0.15) is 4.98 Å². The summed E-state index contributed by atoms with van der Waals surface area (Å²) in [5, 5.41) is 0.529. The Bertz CT molecular complexity index is 1240. The molecule has 0 N–H and O–H groups in total. The molecule has 2 atom stereocenters. The van der Waals surface area contributed by atoms with E-state index in [1.165, 1.54) is 11.3 Å². The van der Waals surface area contributed by atoms with Crippen LogP contribution in [0.15, 0.2) is 41.1 Å². The number of hydrogen-bond acceptors (Lipinski definition) is 8. The van der Waals surface area contributed by atoms with E-state index in [1.54, 1.807) is 19.3 Å². The molecule has 0 saturated carbocycles. The maximum absolute atomic E-state index is 11.8. The topological polar surface area (TPSA) is 84.6 Å². The number of rotatable bonds is 4. The number of carbonyl (C=O) groups is 1. The number of pyridine rings is 2. The van der Waals surface area contributed by atoms with Gasteiger partial charge in [-0.3, -0.25) is 9.69 Å². The number of amides is 1. The molecule has 0 radical (unpaired) electrons. The fraction of sp³-hybridized carbons (Fsp3) is 0.364. The van der Waals surface area contributed by atoms with Gasteiger partial charge in [0.2, 0.25) is 5.91 Å². The summed E-state index contributed by atoms with van der Waals surface area (Å²) in [4.78, 5) is 29.4. The van der Waals surface area contributed by atoms with E-state index in [-0.39, 0.29) is 5.91 Å². The Labute approximate surface area is 182 Å². The first kappa shape index (κ1) is 18.7. The zero-order chi connectivity index (χ0) is 20.9. The monoisotopic (exact) mass is 435 g/mol. The quantitative estimate of drug-likeness (QED) is 0.482. The Kier molecular flexibility index (Phi) is 4.39. The minimum absolute atomic E-state index is 0.168. The normalized spacial score (nSPS) is 21.3. The molecule has 0 aromatic carbocycles. The molecule has 0 spiro atoms. The molecule has 2 bridgehead atoms. The summed E-state index contributed by atoms with van der Waals surface area (Å²) >= 11 is 1.45. The highest BCUT2D eigenvalue weighted by molar-refractivity contribution is 7.20. The van der Waals surface area contributed by atoms with E-state index in [0.717, 1.165) is 48.5 Å². The van der Waals surface area contributed by atoms with Gasteiger partial charge in [0.05, 0.1) is 17.4 Å². The fourth-order valence-electron chi connectivity index (χ4n) is 4.66. The van der Waals surface area contributed by atoms with E-state index >= 15 is 0 Å². The van der Waals surface area contributed by atoms with Gasteiger partial charge in [-0.25, -0.2) is 9.97 Å². The van der Waals surface area contributed by atoms with Gasteiger partial charge in [-0.15, -0.1) is 0 Å². The van der Waals surface area contributed by atoms with Gasteiger partial charge in [0.1, 0.15) is 11.3 Å². The lowest BCUT2D eigenvalue weighted by Gasteiger charge is -2.40. The van der Waals surface area contributed by atoms with Crippen LogP contribution in [-0.4, -0.2) is 55.8 Å². The fourth-order valence-corrected chi connectivity index (χ4v) is 5.46. The van der Waals surface area contributed by atoms with E-state index in [2.05, 4.69) is 19.9 Å². The third-order valence-corrected chi connectivity index (χ3v) is 7.05. The van der Waals surface area contributed by atoms with Crippen LogP contribution in [0.1, 0.15) is 25.5 Å². The number of carbonyl (C=O) groups excluding carboxylic acids is 1. The molecule has 8 nitrogen and oxygen atoms in total. The van der Waals surface area contributed by atoms with Crippen LogP contribution in [0.3, 0.4) is 0 Å². The second-order valence-electron chi connectivity index (χ2n) is 8.16. The number of piperazine rings is 1. The van der Waals surface area contributed by atoms with Crippen molar-refractivity contribution in [3.8, 4) is 10.9 Å². The molecule has 158 valence electrons. The van der Waals surface area contributed by atoms with Crippen molar-refractivity contribution >= 4 is 38.7 Å². The molecule has 6 rings (SSSR count). The summed E-state index contributed by atoms with van der Waals surface area (Å²) < 4.78 is 13.0. The van der Waals surface area contributed by atoms with Crippen molar-refractivity contribution in [1.82, 2.24) is 24.8 Å². The van der Waals surface area contributed by atoms with E-state index in [1.807, 2.05) is 29.2 Å². The van der Waals surface area contributed by atoms with Gasteiger partial charge in [-0.05, 0) is 25.0 Å². The predicted molar refractivity (Wildman–Crippen MR) is 116 cm³/mol. The van der Waals surface area contributed by atoms with Crippen LogP contribution >= 0.6 is 11.3 Å². The molecule has 4 aromatic rings. The largest absolute Gasteiger partial charge is 0.458 e. The minimum Gasteiger partial charge on any atom is -0.458 e. The van der Waals surface area contributed by atoms with Gasteiger partial charge in [0, 0.05) is 50.4 Å². The average molecular weight is 436 g/mol. The first-order valence-electron chi connectivity index (χ1n) is 10.4. The van der Waals surface area contributed by atoms with Crippen molar-refractivity contribution in [3.63, 3.8) is 0 Å². The van der Waals surface area contributed by atoms with Crippen molar-refractivity contribution in [2.75, 3.05) is 13.1 Å². The SMILES string of the molecule is CC(=O)N1CC2CCC(C1)N2Cc1cc2ncc(Oc3nc4ncccc4s3)cc2o1. The van der Waals surface area contributed by atoms with Crippen molar-refractivity contribution in [2.24, 2.45) is 0 Å². The van der Waals surface area contributed by atoms with E-state index < -0.39 is 0 Å². The number of furan rings is 1. The molecule has 2 unspecified atom stereocenters. The summed E-state index contributed by atoms with van der Waals surface area (Å²) in [6.07, 6.45) is 5.66. The molecule has 31 heavy (non-hydrogen) atoms. The van der Waals surface area contributed by atoms with Gasteiger partial charge in [-0.1, -0.05) is 11.3 Å². The summed E-state index contributed by atoms with van der Waals surface area (Å²) in [6.45, 7) is 4.00. The van der Waals surface area contributed by atoms with Gasteiger partial charge >= 0.3 is 0 Å². The average Bonchev–Trinajstić information content (AvgIpc) is 3.40. The number of ether oxygens (including phenoxy) is 1. The zero-order valence-corrected chi connectivity index (χ0v) is 17.8. The molecule has 0 aliphatic carbocycles. The van der Waals surface area contributed by atoms with Gasteiger partial charge < -0.3 is 14.1 Å². The van der Waals surface area contributed by atoms with Crippen molar-refractivity contribution < 1.29 is 13.9 Å². The zero-order valence-electron chi connectivity index (χ0n) is 17.0. The Morgan fingerprint density at radius 3 is 2.87 bits per heavy atom. The number of fused-ring (bicyclic) bond motifs is 4. The summed E-state index contributed by atoms with van der Waals surface area (Å²) in [7, 11) is 0. The second kappa shape index (κ2) is 7.28. The Hall–Kier alpha value is -3.04. The predicted octanol–water partition coefficient (Wildman–Crippen LogP) is 3.82. The molecule has 4 aromatic heterocycles. The minimum atomic E-state index is 0.168. The van der Waals surface area contributed by atoms with Crippen LogP contribution in [0.25, 0.3) is 21.4 Å². The van der Waals surface area contributed by atoms with Crippen LogP contribution in [0.2, 0.25) is 0 Å². The smallest absolute Gasteiger partial charge is 0.281 e. The van der Waals surface area contributed by atoms with Gasteiger partial charge in [0.15, 0.2) is 17.0 Å². The molecule has 2 fully saturated rings. The van der Waals surface area contributed by atoms with Crippen LogP contribution in [-0.2, 0) is 11.3 Å². The standard InChI is InChI=1S/C22H21N5O3S/c1-13(28)26-10-14-4-5-15(11-26)27(14)12-17-7-18-19(29-17)8-16(9-24-18)30-22-25-21-20(31-22)3-2-6-23-21/h2-3,6-9,14-15H,4-5,10-12H2,1H3. The Balaban J connectivity index is 1.20. The Morgan fingerprint density at radius 1 is 1.26 bits per heavy atom. The lowest BCUT2D eigenvalue weighted by atomic mass is 10.2. The maximum Gasteiger partial charge on any atom is 0.281 e. The van der Waals surface area contributed by atoms with Crippen LogP contribution in [0.4, 0.5) is 0 Å². The van der Waals surface area contributed by atoms with Crippen LogP contribution in [0.5, 0.6) is 10.9 Å². The van der Waals surface area contributed by atoms with Crippen molar-refractivity contribution in [3.05, 3.63) is 42.4 Å². The lowest BCUT2D eigenvalue weighted by Crippen LogP contribution is -2.54. The van der Waals surface area contributed by atoms with Crippen molar-refractivity contribution in [1.29, 1.82) is 0 Å². The first-order chi connectivity index (χ1) is 15.1. The Morgan fingerprint density at radius 2 is 2.10 bits per heavy atom. The lowest BCUT2D eigenvalue weighted by molar-refractivity contribution is -0.132. The summed E-state index contributed by atoms with van der Waals surface area (Å²) in [5.74, 6) is 1.64. The van der Waals surface area contributed by atoms with E-state index in [0.29, 0.717) is 34.3 Å². The molecule has 2 aliphatic rings. The number of aromatic nitrogens is 3. The van der Waals surface area contributed by atoms with E-state index in [9.17, 15) is 4.79 Å². The third-order valence-electron chi connectivity index (χ3n) is 6.16. The molecular formula is C22H21N5O3S. The highest BCUT2D eigenvalue weighted by atomic mass is 32.1. The molecule has 6 heterocycles. The number of thiazole rings is 1. The highest BCUT2D eigenvalue weighted by Gasteiger charge is 2.40. The highest BCUT2D eigenvalue weighted by Crippen LogP contribution is 2.34. The molecule has 1 amide bonds. The van der Waals surface area contributed by atoms with Crippen molar-refractivity contribution in [2.45, 2.75) is 38.4 Å². The summed E-state index contributed by atoms with van der Waals surface area (Å²) in [6, 6.07) is 8.50. The molecule has 2 aliphatic heterocycles. The summed E-state index contributed by atoms with van der Waals surface area (Å²) in [5.41, 5.74) is 2.18.